The smallest absolute Gasteiger partial charge is 0.143 e. The first kappa shape index (κ1) is 11.4. The third-order valence-electron chi connectivity index (χ3n) is 2.00. The van der Waals surface area contributed by atoms with E-state index in [0.717, 1.165) is 24.7 Å². The molecule has 0 saturated carbocycles. The highest BCUT2D eigenvalue weighted by atomic mass is 127. The number of aromatic nitrogens is 1. The van der Waals surface area contributed by atoms with Crippen LogP contribution in [0, 0.1) is 3.57 Å². The second-order valence-corrected chi connectivity index (χ2v) is 5.38. The van der Waals surface area contributed by atoms with Crippen LogP contribution in [-0.2, 0) is 0 Å². The van der Waals surface area contributed by atoms with E-state index in [2.05, 4.69) is 43.5 Å². The zero-order valence-corrected chi connectivity index (χ0v) is 12.2. The van der Waals surface area contributed by atoms with Gasteiger partial charge in [0.2, 0.25) is 0 Å². The van der Waals surface area contributed by atoms with E-state index in [4.69, 9.17) is 16.3 Å². The van der Waals surface area contributed by atoms with E-state index in [0.29, 0.717) is 5.02 Å². The second-order valence-electron chi connectivity index (χ2n) is 2.92. The Hall–Kier alpha value is -0.0700. The van der Waals surface area contributed by atoms with Gasteiger partial charge >= 0.3 is 0 Å². The van der Waals surface area contributed by atoms with Crippen LogP contribution >= 0.6 is 50.1 Å². The molecule has 15 heavy (non-hydrogen) atoms. The largest absolute Gasteiger partial charge is 0.495 e. The maximum atomic E-state index is 5.99. The molecule has 0 spiro atoms. The van der Waals surface area contributed by atoms with Crippen molar-refractivity contribution in [1.82, 2.24) is 4.98 Å². The summed E-state index contributed by atoms with van der Waals surface area (Å²) in [7, 11) is 1.64. The molecular formula is C10H6BrClINO. The van der Waals surface area contributed by atoms with E-state index in [1.165, 1.54) is 0 Å². The molecule has 0 amide bonds. The number of methoxy groups -OCH3 is 1. The Kier molecular flexibility index (Phi) is 3.37. The van der Waals surface area contributed by atoms with Crippen LogP contribution in [0.5, 0.6) is 5.75 Å². The Bertz CT molecular complexity index is 532. The quantitative estimate of drug-likeness (QED) is 0.670. The van der Waals surface area contributed by atoms with E-state index >= 15 is 0 Å². The van der Waals surface area contributed by atoms with Gasteiger partial charge in [0.1, 0.15) is 5.75 Å². The molecule has 1 aromatic heterocycles. The summed E-state index contributed by atoms with van der Waals surface area (Å²) in [5, 5.41) is 1.58. The number of halogens is 3. The molecule has 78 valence electrons. The molecule has 0 atom stereocenters. The SMILES string of the molecule is COc1c(I)cnc2c(Br)cc(Cl)cc12. The maximum Gasteiger partial charge on any atom is 0.143 e. The van der Waals surface area contributed by atoms with Crippen molar-refractivity contribution in [1.29, 1.82) is 0 Å². The van der Waals surface area contributed by atoms with Crippen LogP contribution in [0.25, 0.3) is 10.9 Å². The summed E-state index contributed by atoms with van der Waals surface area (Å²) < 4.78 is 7.19. The molecule has 2 aromatic rings. The number of benzene rings is 1. The lowest BCUT2D eigenvalue weighted by Crippen LogP contribution is -1.91. The normalized spacial score (nSPS) is 10.7. The predicted octanol–water partition coefficient (Wildman–Crippen LogP) is 4.26. The number of hydrogen-bond acceptors (Lipinski definition) is 2. The number of ether oxygens (including phenoxy) is 1. The molecule has 0 N–H and O–H groups in total. The third kappa shape index (κ3) is 2.07. The number of hydrogen-bond donors (Lipinski definition) is 0. The Labute approximate surface area is 114 Å². The summed E-state index contributed by atoms with van der Waals surface area (Å²) in [4.78, 5) is 4.34. The molecule has 0 radical (unpaired) electrons. The first-order valence-electron chi connectivity index (χ1n) is 4.10. The zero-order valence-electron chi connectivity index (χ0n) is 7.72. The van der Waals surface area contributed by atoms with Crippen molar-refractivity contribution in [2.24, 2.45) is 0 Å². The molecule has 2 nitrogen and oxygen atoms in total. The highest BCUT2D eigenvalue weighted by Gasteiger charge is 2.10. The standard InChI is InChI=1S/C10H6BrClINO/c1-15-10-6-2-5(12)3-7(11)9(6)14-4-8(10)13/h2-4H,1H3. The molecule has 2 rings (SSSR count). The lowest BCUT2D eigenvalue weighted by molar-refractivity contribution is 0.416. The molecule has 0 saturated heterocycles. The zero-order chi connectivity index (χ0) is 11.0. The van der Waals surface area contributed by atoms with Crippen LogP contribution < -0.4 is 4.74 Å². The van der Waals surface area contributed by atoms with Gasteiger partial charge in [0, 0.05) is 21.1 Å². The van der Waals surface area contributed by atoms with Crippen molar-refractivity contribution in [2.75, 3.05) is 7.11 Å². The van der Waals surface area contributed by atoms with Crippen LogP contribution in [0.1, 0.15) is 0 Å². The number of rotatable bonds is 1. The van der Waals surface area contributed by atoms with Crippen LogP contribution in [0.2, 0.25) is 5.02 Å². The van der Waals surface area contributed by atoms with Gasteiger partial charge in [0.05, 0.1) is 16.2 Å². The molecule has 5 heteroatoms. The van der Waals surface area contributed by atoms with Gasteiger partial charge in [-0.05, 0) is 50.7 Å². The average Bonchev–Trinajstić information content (AvgIpc) is 2.17. The molecule has 0 fully saturated rings. The summed E-state index contributed by atoms with van der Waals surface area (Å²) >= 11 is 11.6. The van der Waals surface area contributed by atoms with Crippen LogP contribution in [0.4, 0.5) is 0 Å². The van der Waals surface area contributed by atoms with Crippen LogP contribution in [0.15, 0.2) is 22.8 Å². The molecular weight excluding hydrogens is 392 g/mol. The summed E-state index contributed by atoms with van der Waals surface area (Å²) in [5.41, 5.74) is 0.858. The minimum Gasteiger partial charge on any atom is -0.495 e. The minimum atomic E-state index is 0.663. The fourth-order valence-electron chi connectivity index (χ4n) is 1.39. The minimum absolute atomic E-state index is 0.663. The summed E-state index contributed by atoms with van der Waals surface area (Å²) in [6.07, 6.45) is 1.78. The van der Waals surface area contributed by atoms with E-state index in [-0.39, 0.29) is 0 Å². The van der Waals surface area contributed by atoms with Crippen molar-refractivity contribution < 1.29 is 4.74 Å². The van der Waals surface area contributed by atoms with Gasteiger partial charge in [-0.3, -0.25) is 4.98 Å². The van der Waals surface area contributed by atoms with Crippen LogP contribution in [-0.4, -0.2) is 12.1 Å². The van der Waals surface area contributed by atoms with Crippen LogP contribution in [0.3, 0.4) is 0 Å². The number of pyridine rings is 1. The Balaban J connectivity index is 2.91. The fraction of sp³-hybridized carbons (Fsp3) is 0.100. The van der Waals surface area contributed by atoms with E-state index < -0.39 is 0 Å². The number of fused-ring (bicyclic) bond motifs is 1. The van der Waals surface area contributed by atoms with Gasteiger partial charge < -0.3 is 4.74 Å². The molecule has 0 aliphatic heterocycles. The summed E-state index contributed by atoms with van der Waals surface area (Å²) in [5.74, 6) is 0.809. The summed E-state index contributed by atoms with van der Waals surface area (Å²) in [6, 6.07) is 3.68. The Morgan fingerprint density at radius 1 is 1.47 bits per heavy atom. The molecule has 0 aliphatic carbocycles. The fourth-order valence-corrected chi connectivity index (χ4v) is 2.95. The van der Waals surface area contributed by atoms with E-state index in [1.807, 2.05) is 12.1 Å². The van der Waals surface area contributed by atoms with Crippen molar-refractivity contribution in [3.05, 3.63) is 31.4 Å². The van der Waals surface area contributed by atoms with Gasteiger partial charge in [0.15, 0.2) is 0 Å². The lowest BCUT2D eigenvalue weighted by Gasteiger charge is -2.08. The molecule has 0 aliphatic rings. The first-order valence-corrected chi connectivity index (χ1v) is 6.35. The summed E-state index contributed by atoms with van der Waals surface area (Å²) in [6.45, 7) is 0. The van der Waals surface area contributed by atoms with Gasteiger partial charge in [-0.15, -0.1) is 0 Å². The van der Waals surface area contributed by atoms with Crippen molar-refractivity contribution >= 4 is 61.0 Å². The van der Waals surface area contributed by atoms with Gasteiger partial charge in [-0.2, -0.15) is 0 Å². The molecule has 1 aromatic carbocycles. The number of nitrogens with zero attached hydrogens (tertiary/aromatic N) is 1. The van der Waals surface area contributed by atoms with Crippen molar-refractivity contribution in [3.63, 3.8) is 0 Å². The lowest BCUT2D eigenvalue weighted by atomic mass is 10.2. The Morgan fingerprint density at radius 2 is 2.20 bits per heavy atom. The Morgan fingerprint density at radius 3 is 2.87 bits per heavy atom. The first-order chi connectivity index (χ1) is 7.13. The van der Waals surface area contributed by atoms with Gasteiger partial charge in [0.25, 0.3) is 0 Å². The topological polar surface area (TPSA) is 22.1 Å². The second kappa shape index (κ2) is 4.43. The molecule has 0 unspecified atom stereocenters. The maximum absolute atomic E-state index is 5.99. The third-order valence-corrected chi connectivity index (χ3v) is 3.59. The predicted molar refractivity (Wildman–Crippen MR) is 73.7 cm³/mol. The highest BCUT2D eigenvalue weighted by molar-refractivity contribution is 14.1. The van der Waals surface area contributed by atoms with E-state index in [9.17, 15) is 0 Å². The van der Waals surface area contributed by atoms with Gasteiger partial charge in [-0.1, -0.05) is 11.6 Å². The van der Waals surface area contributed by atoms with Crippen molar-refractivity contribution in [2.45, 2.75) is 0 Å². The monoisotopic (exact) mass is 397 g/mol. The van der Waals surface area contributed by atoms with Crippen molar-refractivity contribution in [3.8, 4) is 5.75 Å². The van der Waals surface area contributed by atoms with E-state index in [1.54, 1.807) is 13.3 Å². The average molecular weight is 398 g/mol. The molecule has 0 bridgehead atoms. The highest BCUT2D eigenvalue weighted by Crippen LogP contribution is 2.35. The van der Waals surface area contributed by atoms with Gasteiger partial charge in [-0.25, -0.2) is 0 Å². The molecule has 1 heterocycles.